The van der Waals surface area contributed by atoms with Gasteiger partial charge in [-0.3, -0.25) is 0 Å². The van der Waals surface area contributed by atoms with Crippen LogP contribution in [0.5, 0.6) is 0 Å². The Kier molecular flexibility index (Phi) is 7.03. The van der Waals surface area contributed by atoms with Crippen LogP contribution in [-0.4, -0.2) is 38.5 Å². The van der Waals surface area contributed by atoms with Gasteiger partial charge in [-0.05, 0) is 24.6 Å². The number of hydrogen-bond acceptors (Lipinski definition) is 6. The molecular weight excluding hydrogens is 447 g/mol. The van der Waals surface area contributed by atoms with Gasteiger partial charge in [0.1, 0.15) is 7.14 Å². The van der Waals surface area contributed by atoms with Crippen molar-refractivity contribution in [2.24, 2.45) is 0 Å². The molecule has 0 saturated carbocycles. The van der Waals surface area contributed by atoms with Crippen LogP contribution in [0.15, 0.2) is 89.8 Å². The highest BCUT2D eigenvalue weighted by Gasteiger charge is 2.47. The summed E-state index contributed by atoms with van der Waals surface area (Å²) in [7, 11) is -6.97. The Labute approximate surface area is 188 Å². The van der Waals surface area contributed by atoms with Crippen LogP contribution < -0.4 is 10.6 Å². The number of aliphatic hydroxyl groups is 1. The summed E-state index contributed by atoms with van der Waals surface area (Å²) < 4.78 is 43.3. The minimum atomic E-state index is -3.50. The first-order valence-corrected chi connectivity index (χ1v) is 13.8. The van der Waals surface area contributed by atoms with Gasteiger partial charge >= 0.3 is 5.97 Å². The minimum absolute atomic E-state index is 0.0174. The maximum atomic E-state index is 14.5. The van der Waals surface area contributed by atoms with E-state index in [1.54, 1.807) is 67.6 Å². The second-order valence-electron chi connectivity index (χ2n) is 7.45. The van der Waals surface area contributed by atoms with Crippen molar-refractivity contribution in [1.29, 1.82) is 0 Å². The zero-order chi connectivity index (χ0) is 23.4. The predicted octanol–water partition coefficient (Wildman–Crippen LogP) is 2.85. The second kappa shape index (κ2) is 9.41. The van der Waals surface area contributed by atoms with Gasteiger partial charge in [0.25, 0.3) is 0 Å². The normalized spacial score (nSPS) is 13.8. The molecule has 1 N–H and O–H groups in total. The number of carbonyl (C=O) groups is 1. The monoisotopic (exact) mass is 472 g/mol. The lowest BCUT2D eigenvalue weighted by molar-refractivity contribution is -0.163. The number of rotatable bonds is 8. The zero-order valence-electron chi connectivity index (χ0n) is 17.8. The quantitative estimate of drug-likeness (QED) is 0.400. The van der Waals surface area contributed by atoms with E-state index in [0.29, 0.717) is 10.6 Å². The standard InChI is InChI=1S/C24H25O6PS/c1-3-30-23(25)24(26,19-14-16-22(17-15-19)32(2,28)29)18-31(27,20-10-6-4-7-11-20)21-12-8-5-9-13-21/h4-17,26H,3,18H2,1-2H3. The summed E-state index contributed by atoms with van der Waals surface area (Å²) in [4.78, 5) is 13.0. The molecule has 8 heteroatoms. The lowest BCUT2D eigenvalue weighted by Crippen LogP contribution is -2.43. The van der Waals surface area contributed by atoms with Crippen molar-refractivity contribution in [1.82, 2.24) is 0 Å². The van der Waals surface area contributed by atoms with Crippen LogP contribution in [0.25, 0.3) is 0 Å². The Balaban J connectivity index is 2.18. The summed E-state index contributed by atoms with van der Waals surface area (Å²) in [6.07, 6.45) is 0.629. The van der Waals surface area contributed by atoms with Crippen molar-refractivity contribution in [2.45, 2.75) is 17.4 Å². The number of esters is 1. The van der Waals surface area contributed by atoms with E-state index in [1.807, 2.05) is 0 Å². The van der Waals surface area contributed by atoms with Gasteiger partial charge in [0.05, 0.1) is 17.7 Å². The summed E-state index contributed by atoms with van der Waals surface area (Å²) >= 11 is 0. The number of ether oxygens (including phenoxy) is 1. The lowest BCUT2D eigenvalue weighted by atomic mass is 9.96. The molecule has 1 unspecified atom stereocenters. The SMILES string of the molecule is CCOC(=O)C(O)(CP(=O)(c1ccccc1)c1ccccc1)c1ccc(S(C)(=O)=O)cc1. The Hall–Kier alpha value is -2.73. The van der Waals surface area contributed by atoms with Gasteiger partial charge in [-0.15, -0.1) is 0 Å². The lowest BCUT2D eigenvalue weighted by Gasteiger charge is -2.31. The van der Waals surface area contributed by atoms with E-state index in [0.717, 1.165) is 6.26 Å². The fraction of sp³-hybridized carbons (Fsp3) is 0.208. The van der Waals surface area contributed by atoms with E-state index in [1.165, 1.54) is 24.3 Å². The molecule has 0 aliphatic carbocycles. The molecule has 0 saturated heterocycles. The van der Waals surface area contributed by atoms with Crippen molar-refractivity contribution < 1.29 is 27.6 Å². The molecular formula is C24H25O6PS. The Morgan fingerprint density at radius 3 is 1.78 bits per heavy atom. The van der Waals surface area contributed by atoms with Crippen LogP contribution in [0.1, 0.15) is 12.5 Å². The molecule has 0 spiro atoms. The van der Waals surface area contributed by atoms with Crippen molar-refractivity contribution in [3.8, 4) is 0 Å². The zero-order valence-corrected chi connectivity index (χ0v) is 19.6. The predicted molar refractivity (Wildman–Crippen MR) is 125 cm³/mol. The number of sulfone groups is 1. The third kappa shape index (κ3) is 4.85. The first kappa shape index (κ1) is 23.9. The Bertz CT molecular complexity index is 1180. The van der Waals surface area contributed by atoms with Crippen LogP contribution in [0.2, 0.25) is 0 Å². The van der Waals surface area contributed by atoms with E-state index in [4.69, 9.17) is 4.74 Å². The number of hydrogen-bond donors (Lipinski definition) is 1. The first-order chi connectivity index (χ1) is 15.1. The van der Waals surface area contributed by atoms with Crippen LogP contribution in [0.4, 0.5) is 0 Å². The van der Waals surface area contributed by atoms with E-state index < -0.39 is 34.7 Å². The summed E-state index contributed by atoms with van der Waals surface area (Å²) in [5, 5.41) is 12.6. The molecule has 0 aliphatic rings. The maximum absolute atomic E-state index is 14.5. The Morgan fingerprint density at radius 1 is 0.906 bits per heavy atom. The van der Waals surface area contributed by atoms with Crippen LogP contribution in [-0.2, 0) is 29.5 Å². The molecule has 32 heavy (non-hydrogen) atoms. The average molecular weight is 472 g/mol. The highest BCUT2D eigenvalue weighted by atomic mass is 32.2. The summed E-state index contributed by atoms with van der Waals surface area (Å²) in [5.74, 6) is -0.945. The molecule has 168 valence electrons. The summed E-state index contributed by atoms with van der Waals surface area (Å²) in [6.45, 7) is 1.63. The van der Waals surface area contributed by atoms with E-state index in [2.05, 4.69) is 0 Å². The first-order valence-electron chi connectivity index (χ1n) is 10.0. The number of carbonyl (C=O) groups excluding carboxylic acids is 1. The van der Waals surface area contributed by atoms with Crippen molar-refractivity contribution in [2.75, 3.05) is 19.0 Å². The average Bonchev–Trinajstić information content (AvgIpc) is 2.79. The van der Waals surface area contributed by atoms with E-state index >= 15 is 0 Å². The molecule has 1 atom stereocenters. The largest absolute Gasteiger partial charge is 0.464 e. The molecule has 3 aromatic carbocycles. The third-order valence-electron chi connectivity index (χ3n) is 5.17. The van der Waals surface area contributed by atoms with Gasteiger partial charge < -0.3 is 14.4 Å². The van der Waals surface area contributed by atoms with Gasteiger partial charge in [-0.1, -0.05) is 72.8 Å². The molecule has 0 fully saturated rings. The third-order valence-corrected chi connectivity index (χ3v) is 9.47. The molecule has 0 heterocycles. The molecule has 3 rings (SSSR count). The fourth-order valence-corrected chi connectivity index (χ4v) is 7.05. The molecule has 3 aromatic rings. The molecule has 0 amide bonds. The van der Waals surface area contributed by atoms with Gasteiger partial charge in [0.2, 0.25) is 0 Å². The highest BCUT2D eigenvalue weighted by Crippen LogP contribution is 2.49. The molecule has 0 aliphatic heterocycles. The van der Waals surface area contributed by atoms with Crippen molar-refractivity contribution in [3.05, 3.63) is 90.5 Å². The molecule has 0 aromatic heterocycles. The van der Waals surface area contributed by atoms with E-state index in [9.17, 15) is 22.9 Å². The minimum Gasteiger partial charge on any atom is -0.464 e. The number of benzene rings is 3. The van der Waals surface area contributed by atoms with Gasteiger partial charge in [0.15, 0.2) is 15.4 Å². The van der Waals surface area contributed by atoms with Crippen LogP contribution >= 0.6 is 7.14 Å². The second-order valence-corrected chi connectivity index (χ2v) is 12.3. The summed E-state index contributed by atoms with van der Waals surface area (Å²) in [6, 6.07) is 22.7. The molecule has 6 nitrogen and oxygen atoms in total. The molecule has 0 radical (unpaired) electrons. The van der Waals surface area contributed by atoms with Gasteiger partial charge in [0, 0.05) is 16.9 Å². The topological polar surface area (TPSA) is 97.7 Å². The highest BCUT2D eigenvalue weighted by molar-refractivity contribution is 7.90. The van der Waals surface area contributed by atoms with Crippen molar-refractivity contribution >= 4 is 33.6 Å². The van der Waals surface area contributed by atoms with Gasteiger partial charge in [-0.25, -0.2) is 13.2 Å². The smallest absolute Gasteiger partial charge is 0.343 e. The molecule has 0 bridgehead atoms. The van der Waals surface area contributed by atoms with Crippen LogP contribution in [0.3, 0.4) is 0 Å². The fourth-order valence-electron chi connectivity index (χ4n) is 3.49. The van der Waals surface area contributed by atoms with Gasteiger partial charge in [-0.2, -0.15) is 0 Å². The summed E-state index contributed by atoms with van der Waals surface area (Å²) in [5.41, 5.74) is -2.15. The van der Waals surface area contributed by atoms with E-state index in [-0.39, 0.29) is 17.1 Å². The maximum Gasteiger partial charge on any atom is 0.343 e. The Morgan fingerprint density at radius 2 is 1.38 bits per heavy atom. The van der Waals surface area contributed by atoms with Crippen molar-refractivity contribution in [3.63, 3.8) is 0 Å². The van der Waals surface area contributed by atoms with Crippen LogP contribution in [0, 0.1) is 0 Å².